The number of hydrogen-bond donors (Lipinski definition) is 0. The molecule has 0 radical (unpaired) electrons. The van der Waals surface area contributed by atoms with Gasteiger partial charge in [-0.05, 0) is 30.3 Å². The standard InChI is InChI=1S/C15H8Cl2F3N3OS/c16-10-3-1-8(2-4-10)12(24)7-25-14-22-21-13-11(17)5-9(6-23(13)14)15(18,19)20/h1-6H,7H2. The number of benzene rings is 1. The lowest BCUT2D eigenvalue weighted by molar-refractivity contribution is -0.137. The van der Waals surface area contributed by atoms with E-state index in [9.17, 15) is 18.0 Å². The smallest absolute Gasteiger partial charge is 0.293 e. The average molecular weight is 406 g/mol. The van der Waals surface area contributed by atoms with Crippen molar-refractivity contribution in [2.75, 3.05) is 5.75 Å². The Hall–Kier alpha value is -1.77. The highest BCUT2D eigenvalue weighted by atomic mass is 35.5. The second-order valence-electron chi connectivity index (χ2n) is 4.97. The topological polar surface area (TPSA) is 47.3 Å². The predicted octanol–water partition coefficient (Wildman–Crippen LogP) is 5.03. The molecule has 3 rings (SSSR count). The zero-order valence-electron chi connectivity index (χ0n) is 12.2. The van der Waals surface area contributed by atoms with Gasteiger partial charge in [-0.25, -0.2) is 0 Å². The Balaban J connectivity index is 1.85. The van der Waals surface area contributed by atoms with Gasteiger partial charge < -0.3 is 0 Å². The molecule has 10 heteroatoms. The molecular formula is C15H8Cl2F3N3OS. The number of fused-ring (bicyclic) bond motifs is 1. The van der Waals surface area contributed by atoms with E-state index in [4.69, 9.17) is 23.2 Å². The van der Waals surface area contributed by atoms with Crippen molar-refractivity contribution in [2.45, 2.75) is 11.3 Å². The summed E-state index contributed by atoms with van der Waals surface area (Å²) in [5, 5.41) is 8.05. The Kier molecular flexibility index (Phi) is 4.95. The van der Waals surface area contributed by atoms with Crippen LogP contribution in [0, 0.1) is 0 Å². The summed E-state index contributed by atoms with van der Waals surface area (Å²) in [5.74, 6) is -0.229. The molecule has 2 heterocycles. The van der Waals surface area contributed by atoms with Gasteiger partial charge in [0.25, 0.3) is 0 Å². The van der Waals surface area contributed by atoms with Crippen molar-refractivity contribution in [3.63, 3.8) is 0 Å². The average Bonchev–Trinajstić information content (AvgIpc) is 2.96. The Morgan fingerprint density at radius 1 is 1.16 bits per heavy atom. The van der Waals surface area contributed by atoms with E-state index < -0.39 is 11.7 Å². The SMILES string of the molecule is O=C(CSc1nnc2c(Cl)cc(C(F)(F)F)cn12)c1ccc(Cl)cc1. The molecule has 3 aromatic rings. The number of pyridine rings is 1. The molecule has 0 amide bonds. The minimum atomic E-state index is -4.55. The first-order valence-electron chi connectivity index (χ1n) is 6.79. The number of ketones is 1. The maximum atomic E-state index is 12.9. The molecule has 0 N–H and O–H groups in total. The van der Waals surface area contributed by atoms with E-state index in [1.165, 1.54) is 0 Å². The number of nitrogens with zero attached hydrogens (tertiary/aromatic N) is 3. The maximum Gasteiger partial charge on any atom is 0.417 e. The number of rotatable bonds is 4. The molecule has 0 unspecified atom stereocenters. The molecule has 2 aromatic heterocycles. The molecule has 0 spiro atoms. The van der Waals surface area contributed by atoms with E-state index in [1.807, 2.05) is 0 Å². The van der Waals surface area contributed by atoms with E-state index in [0.717, 1.165) is 28.4 Å². The summed E-state index contributed by atoms with van der Waals surface area (Å²) in [7, 11) is 0. The second kappa shape index (κ2) is 6.86. The molecule has 0 fully saturated rings. The molecule has 0 aliphatic heterocycles. The fourth-order valence-electron chi connectivity index (χ4n) is 2.04. The zero-order chi connectivity index (χ0) is 18.2. The number of hydrogen-bond acceptors (Lipinski definition) is 4. The van der Waals surface area contributed by atoms with Crippen LogP contribution in [0.25, 0.3) is 5.65 Å². The molecule has 0 aliphatic carbocycles. The van der Waals surface area contributed by atoms with E-state index in [0.29, 0.717) is 10.6 Å². The lowest BCUT2D eigenvalue weighted by Crippen LogP contribution is -2.07. The number of carbonyl (C=O) groups excluding carboxylic acids is 1. The van der Waals surface area contributed by atoms with Crippen LogP contribution in [-0.4, -0.2) is 26.1 Å². The molecule has 130 valence electrons. The monoisotopic (exact) mass is 405 g/mol. The third-order valence-corrected chi connectivity index (χ3v) is 4.73. The Labute approximate surface area is 153 Å². The van der Waals surface area contributed by atoms with Crippen molar-refractivity contribution >= 4 is 46.4 Å². The number of aromatic nitrogens is 3. The summed E-state index contributed by atoms with van der Waals surface area (Å²) in [6.07, 6.45) is -3.69. The molecule has 0 atom stereocenters. The second-order valence-corrected chi connectivity index (χ2v) is 6.76. The van der Waals surface area contributed by atoms with Crippen LogP contribution in [0.3, 0.4) is 0 Å². The third kappa shape index (κ3) is 3.91. The van der Waals surface area contributed by atoms with Gasteiger partial charge in [0.05, 0.1) is 16.3 Å². The van der Waals surface area contributed by atoms with Crippen LogP contribution in [0.5, 0.6) is 0 Å². The molecular weight excluding hydrogens is 398 g/mol. The summed E-state index contributed by atoms with van der Waals surface area (Å²) >= 11 is 12.6. The van der Waals surface area contributed by atoms with Gasteiger partial charge in [0, 0.05) is 16.8 Å². The lowest BCUT2D eigenvalue weighted by atomic mass is 10.1. The van der Waals surface area contributed by atoms with E-state index in [2.05, 4.69) is 10.2 Å². The number of halogens is 5. The van der Waals surface area contributed by atoms with Crippen LogP contribution in [0.4, 0.5) is 13.2 Å². The number of thioether (sulfide) groups is 1. The quantitative estimate of drug-likeness (QED) is 0.451. The Morgan fingerprint density at radius 3 is 2.48 bits per heavy atom. The number of Topliss-reactive ketones (excluding diaryl/α,β-unsaturated/α-hetero) is 1. The zero-order valence-corrected chi connectivity index (χ0v) is 14.5. The number of carbonyl (C=O) groups is 1. The number of alkyl halides is 3. The maximum absolute atomic E-state index is 12.9. The van der Waals surface area contributed by atoms with Gasteiger partial charge in [0.15, 0.2) is 16.6 Å². The highest BCUT2D eigenvalue weighted by molar-refractivity contribution is 7.99. The first kappa shape index (κ1) is 18.0. The van der Waals surface area contributed by atoms with Gasteiger partial charge >= 0.3 is 6.18 Å². The van der Waals surface area contributed by atoms with Gasteiger partial charge in [0.1, 0.15) is 0 Å². The Morgan fingerprint density at radius 2 is 1.84 bits per heavy atom. The van der Waals surface area contributed by atoms with Gasteiger partial charge in [-0.1, -0.05) is 35.0 Å². The first-order chi connectivity index (χ1) is 11.8. The summed E-state index contributed by atoms with van der Waals surface area (Å²) in [6, 6.07) is 7.11. The molecule has 4 nitrogen and oxygen atoms in total. The van der Waals surface area contributed by atoms with Crippen LogP contribution in [0.2, 0.25) is 10.0 Å². The van der Waals surface area contributed by atoms with Crippen molar-refractivity contribution in [1.29, 1.82) is 0 Å². The Bertz CT molecular complexity index is 942. The summed E-state index contributed by atoms with van der Waals surface area (Å²) < 4.78 is 39.9. The van der Waals surface area contributed by atoms with Gasteiger partial charge in [-0.3, -0.25) is 9.20 Å². The summed E-state index contributed by atoms with van der Waals surface area (Å²) in [6.45, 7) is 0. The van der Waals surface area contributed by atoms with Crippen LogP contribution < -0.4 is 0 Å². The van der Waals surface area contributed by atoms with Crippen molar-refractivity contribution in [3.05, 3.63) is 57.7 Å². The largest absolute Gasteiger partial charge is 0.417 e. The van der Waals surface area contributed by atoms with Crippen LogP contribution in [0.1, 0.15) is 15.9 Å². The third-order valence-electron chi connectivity index (χ3n) is 3.25. The summed E-state index contributed by atoms with van der Waals surface area (Å²) in [4.78, 5) is 12.2. The minimum absolute atomic E-state index is 0.0176. The fourth-order valence-corrected chi connectivity index (χ4v) is 3.21. The molecule has 0 aliphatic rings. The van der Waals surface area contributed by atoms with Crippen molar-refractivity contribution in [1.82, 2.24) is 14.6 Å². The van der Waals surface area contributed by atoms with Crippen molar-refractivity contribution in [2.24, 2.45) is 0 Å². The van der Waals surface area contributed by atoms with Crippen LogP contribution >= 0.6 is 35.0 Å². The highest BCUT2D eigenvalue weighted by Crippen LogP contribution is 2.33. The van der Waals surface area contributed by atoms with Crippen LogP contribution in [0.15, 0.2) is 41.7 Å². The van der Waals surface area contributed by atoms with Gasteiger partial charge in [-0.15, -0.1) is 10.2 Å². The van der Waals surface area contributed by atoms with Crippen molar-refractivity contribution < 1.29 is 18.0 Å². The van der Waals surface area contributed by atoms with E-state index >= 15 is 0 Å². The van der Waals surface area contributed by atoms with E-state index in [1.54, 1.807) is 24.3 Å². The summed E-state index contributed by atoms with van der Waals surface area (Å²) in [5.41, 5.74) is -0.383. The molecule has 0 saturated heterocycles. The molecule has 0 bridgehead atoms. The molecule has 25 heavy (non-hydrogen) atoms. The minimum Gasteiger partial charge on any atom is -0.293 e. The predicted molar refractivity (Wildman–Crippen MR) is 89.5 cm³/mol. The van der Waals surface area contributed by atoms with Gasteiger partial charge in [0.2, 0.25) is 0 Å². The fraction of sp³-hybridized carbons (Fsp3) is 0.133. The van der Waals surface area contributed by atoms with Crippen molar-refractivity contribution in [3.8, 4) is 0 Å². The molecule has 1 aromatic carbocycles. The lowest BCUT2D eigenvalue weighted by Gasteiger charge is -2.08. The van der Waals surface area contributed by atoms with Crippen LogP contribution in [-0.2, 0) is 6.18 Å². The normalized spacial score (nSPS) is 11.9. The van der Waals surface area contributed by atoms with E-state index in [-0.39, 0.29) is 27.4 Å². The first-order valence-corrected chi connectivity index (χ1v) is 8.53. The highest BCUT2D eigenvalue weighted by Gasteiger charge is 2.32. The van der Waals surface area contributed by atoms with Gasteiger partial charge in [-0.2, -0.15) is 13.2 Å². The molecule has 0 saturated carbocycles.